The molecule has 0 unspecified atom stereocenters. The Morgan fingerprint density at radius 3 is 1.59 bits per heavy atom. The molecule has 5 heterocycles. The summed E-state index contributed by atoms with van der Waals surface area (Å²) in [5.41, 5.74) is 6.79. The molecule has 3 aromatic heterocycles. The Bertz CT molecular complexity index is 2320. The second-order valence-electron chi connectivity index (χ2n) is 16.2. The molecule has 0 saturated carbocycles. The van der Waals surface area contributed by atoms with Crippen LogP contribution in [0.25, 0.3) is 44.7 Å². The number of hydrogen-bond donors (Lipinski definition) is 4. The molecule has 2 saturated heterocycles. The van der Waals surface area contributed by atoms with Crippen LogP contribution >= 0.6 is 11.7 Å². The van der Waals surface area contributed by atoms with E-state index in [0.29, 0.717) is 11.6 Å². The van der Waals surface area contributed by atoms with Gasteiger partial charge in [0.15, 0.2) is 0 Å². The summed E-state index contributed by atoms with van der Waals surface area (Å²) in [7, 11) is 2.57. The van der Waals surface area contributed by atoms with Gasteiger partial charge in [0.1, 0.15) is 34.8 Å². The van der Waals surface area contributed by atoms with Gasteiger partial charge in [-0.05, 0) is 68.6 Å². The van der Waals surface area contributed by atoms with Gasteiger partial charge in [0, 0.05) is 23.2 Å². The smallest absolute Gasteiger partial charge is 0.407 e. The van der Waals surface area contributed by atoms with Crippen LogP contribution in [0.1, 0.15) is 91.0 Å². The molecule has 17 heteroatoms. The van der Waals surface area contributed by atoms with Crippen LogP contribution < -0.4 is 10.6 Å². The first-order valence-electron chi connectivity index (χ1n) is 20.1. The third-order valence-corrected chi connectivity index (χ3v) is 12.2. The van der Waals surface area contributed by atoms with Crippen LogP contribution in [0.3, 0.4) is 0 Å². The molecule has 0 spiro atoms. The van der Waals surface area contributed by atoms with E-state index >= 15 is 0 Å². The molecule has 2 aliphatic heterocycles. The van der Waals surface area contributed by atoms with Crippen molar-refractivity contribution in [3.63, 3.8) is 0 Å². The van der Waals surface area contributed by atoms with Gasteiger partial charge in [0.05, 0.1) is 61.8 Å². The van der Waals surface area contributed by atoms with Crippen molar-refractivity contribution in [2.24, 2.45) is 11.8 Å². The Kier molecular flexibility index (Phi) is 12.0. The van der Waals surface area contributed by atoms with Crippen LogP contribution in [0.2, 0.25) is 0 Å². The third-order valence-electron chi connectivity index (χ3n) is 11.7. The lowest BCUT2D eigenvalue weighted by molar-refractivity contribution is -0.138. The van der Waals surface area contributed by atoms with Crippen molar-refractivity contribution in [1.82, 2.24) is 49.1 Å². The SMILES string of the molecule is COC(=O)N[C@H](C(=O)N1[C@@H](C)CC[C@H]1c1ncc(-c2ccc(-c3ccc(-c4cnc([C@@H]5CC[C@H](C)N5C(=O)[C@@H](NC(=O)OC)C(C)C)[nH]4)c4nsnc34)cc2)[nH]1)C(C)C. The van der Waals surface area contributed by atoms with Crippen molar-refractivity contribution in [1.29, 1.82) is 0 Å². The zero-order valence-corrected chi connectivity index (χ0v) is 35.4. The average Bonchev–Trinajstić information content (AvgIpc) is 4.08. The minimum atomic E-state index is -0.731. The first-order valence-corrected chi connectivity index (χ1v) is 20.8. The van der Waals surface area contributed by atoms with Crippen molar-refractivity contribution in [2.75, 3.05) is 14.2 Å². The summed E-state index contributed by atoms with van der Waals surface area (Å²) < 4.78 is 19.0. The fourth-order valence-corrected chi connectivity index (χ4v) is 8.98. The van der Waals surface area contributed by atoms with E-state index in [4.69, 9.17) is 23.8 Å². The molecule has 4 amide bonds. The van der Waals surface area contributed by atoms with Gasteiger partial charge in [-0.25, -0.2) is 19.6 Å². The third kappa shape index (κ3) is 8.12. The second-order valence-corrected chi connectivity index (χ2v) is 16.7. The predicted molar refractivity (Wildman–Crippen MR) is 223 cm³/mol. The minimum Gasteiger partial charge on any atom is -0.453 e. The number of aromatic amines is 2. The summed E-state index contributed by atoms with van der Waals surface area (Å²) in [5.74, 6) is 0.786. The summed E-state index contributed by atoms with van der Waals surface area (Å²) in [6, 6.07) is 10.2. The van der Waals surface area contributed by atoms with Crippen LogP contribution in [0.4, 0.5) is 9.59 Å². The molecule has 0 radical (unpaired) electrons. The number of carbonyl (C=O) groups is 4. The van der Waals surface area contributed by atoms with Crippen molar-refractivity contribution >= 4 is 46.8 Å². The maximum absolute atomic E-state index is 13.9. The molecule has 2 fully saturated rings. The Hall–Kier alpha value is -5.84. The number of ether oxygens (including phenoxy) is 2. The number of imidazole rings is 2. The summed E-state index contributed by atoms with van der Waals surface area (Å²) >= 11 is 1.14. The van der Waals surface area contributed by atoms with Gasteiger partial charge in [0.25, 0.3) is 0 Å². The zero-order chi connectivity index (χ0) is 42.1. The summed E-state index contributed by atoms with van der Waals surface area (Å²) in [5, 5.41) is 5.43. The number of amides is 4. The number of rotatable bonds is 11. The number of likely N-dealkylation sites (tertiary alicyclic amines) is 2. The van der Waals surface area contributed by atoms with Gasteiger partial charge < -0.3 is 39.9 Å². The number of nitrogens with zero attached hydrogens (tertiary/aromatic N) is 6. The lowest BCUT2D eigenvalue weighted by Crippen LogP contribution is -2.52. The zero-order valence-electron chi connectivity index (χ0n) is 34.6. The van der Waals surface area contributed by atoms with Gasteiger partial charge in [-0.3, -0.25) is 9.59 Å². The Labute approximate surface area is 347 Å². The topological polar surface area (TPSA) is 200 Å². The van der Waals surface area contributed by atoms with E-state index in [0.717, 1.165) is 82.1 Å². The van der Waals surface area contributed by atoms with Crippen LogP contribution in [-0.4, -0.2) is 101 Å². The molecule has 5 aromatic rings. The molecule has 6 atom stereocenters. The maximum atomic E-state index is 13.9. The van der Waals surface area contributed by atoms with E-state index < -0.39 is 24.3 Å². The summed E-state index contributed by atoms with van der Waals surface area (Å²) in [6.45, 7) is 11.6. The molecule has 2 aromatic carbocycles. The monoisotopic (exact) mass is 824 g/mol. The lowest BCUT2D eigenvalue weighted by atomic mass is 9.99. The van der Waals surface area contributed by atoms with E-state index in [-0.39, 0.29) is 47.8 Å². The first kappa shape index (κ1) is 41.3. The molecule has 59 heavy (non-hydrogen) atoms. The number of nitrogens with one attached hydrogen (secondary N) is 4. The summed E-state index contributed by atoms with van der Waals surface area (Å²) in [6.07, 6.45) is 5.41. The van der Waals surface area contributed by atoms with E-state index in [9.17, 15) is 19.2 Å². The van der Waals surface area contributed by atoms with Crippen LogP contribution in [0, 0.1) is 11.8 Å². The van der Waals surface area contributed by atoms with Crippen LogP contribution in [0.5, 0.6) is 0 Å². The number of benzene rings is 2. The second kappa shape index (κ2) is 17.2. The molecule has 7 rings (SSSR count). The quantitative estimate of drug-likeness (QED) is 0.107. The Balaban J connectivity index is 1.09. The molecule has 16 nitrogen and oxygen atoms in total. The van der Waals surface area contributed by atoms with Gasteiger partial charge in [-0.15, -0.1) is 0 Å². The van der Waals surface area contributed by atoms with Crippen LogP contribution in [0.15, 0.2) is 48.8 Å². The van der Waals surface area contributed by atoms with E-state index in [1.54, 1.807) is 12.4 Å². The number of aromatic nitrogens is 6. The number of methoxy groups -OCH3 is 2. The fourth-order valence-electron chi connectivity index (χ4n) is 8.41. The van der Waals surface area contributed by atoms with Crippen molar-refractivity contribution < 1.29 is 28.7 Å². The van der Waals surface area contributed by atoms with Crippen molar-refractivity contribution in [3.05, 3.63) is 60.4 Å². The molecular formula is C42H52N10O6S. The Morgan fingerprint density at radius 2 is 1.10 bits per heavy atom. The standard InChI is InChI=1S/C42H52N10O6S/c1-21(2)33(47-41(55)57-7)39(53)51-23(5)9-17-31(51)37-43-19-29(45-37)26-13-11-25(12-14-26)27-15-16-28(36-35(27)49-59-50-36)30-20-44-38(46-30)32-18-10-24(6)52(32)40(54)34(22(3)4)48-42(56)58-8/h11-16,19-24,31-34H,9-10,17-18H2,1-8H3,(H,43,45)(H,44,46)(H,47,55)(H,48,56)/t23-,24-,31-,32-,33-,34-/m0/s1. The van der Waals surface area contributed by atoms with E-state index in [1.807, 2.05) is 87.7 Å². The van der Waals surface area contributed by atoms with Crippen molar-refractivity contribution in [3.8, 4) is 33.6 Å². The van der Waals surface area contributed by atoms with Gasteiger partial charge in [-0.2, -0.15) is 8.75 Å². The van der Waals surface area contributed by atoms with Gasteiger partial charge in [-0.1, -0.05) is 58.0 Å². The van der Waals surface area contributed by atoms with E-state index in [1.165, 1.54) is 14.2 Å². The average molecular weight is 825 g/mol. The highest BCUT2D eigenvalue weighted by atomic mass is 32.1. The van der Waals surface area contributed by atoms with Crippen molar-refractivity contribution in [2.45, 2.75) is 103 Å². The maximum Gasteiger partial charge on any atom is 0.407 e. The largest absolute Gasteiger partial charge is 0.453 e. The van der Waals surface area contributed by atoms with E-state index in [2.05, 4.69) is 25.0 Å². The molecule has 0 aliphatic carbocycles. The van der Waals surface area contributed by atoms with Gasteiger partial charge >= 0.3 is 12.2 Å². The molecule has 4 N–H and O–H groups in total. The molecule has 312 valence electrons. The highest BCUT2D eigenvalue weighted by Gasteiger charge is 2.42. The number of carbonyl (C=O) groups excluding carboxylic acids is 4. The first-order chi connectivity index (χ1) is 28.3. The number of H-pyrrole nitrogens is 2. The molecule has 0 bridgehead atoms. The summed E-state index contributed by atoms with van der Waals surface area (Å²) in [4.78, 5) is 71.9. The predicted octanol–water partition coefficient (Wildman–Crippen LogP) is 7.00. The molecule has 2 aliphatic rings. The lowest BCUT2D eigenvalue weighted by Gasteiger charge is -2.32. The fraction of sp³-hybridized carbons (Fsp3) is 0.476. The highest BCUT2D eigenvalue weighted by Crippen LogP contribution is 2.40. The van der Waals surface area contributed by atoms with Gasteiger partial charge in [0.2, 0.25) is 11.8 Å². The highest BCUT2D eigenvalue weighted by molar-refractivity contribution is 7.00. The number of alkyl carbamates (subject to hydrolysis) is 2. The Morgan fingerprint density at radius 1 is 0.661 bits per heavy atom. The molecular weight excluding hydrogens is 773 g/mol. The number of fused-ring (bicyclic) bond motifs is 1. The number of hydrogen-bond acceptors (Lipinski definition) is 11. The minimum absolute atomic E-state index is 0.0160. The van der Waals surface area contributed by atoms with Crippen LogP contribution in [-0.2, 0) is 19.1 Å². The normalized spacial score (nSPS) is 20.3.